The van der Waals surface area contributed by atoms with E-state index in [0.717, 1.165) is 21.5 Å². The van der Waals surface area contributed by atoms with Gasteiger partial charge in [-0.05, 0) is 35.0 Å². The van der Waals surface area contributed by atoms with E-state index in [1.54, 1.807) is 0 Å². The Bertz CT molecular complexity index is 960. The molecule has 0 N–H and O–H groups in total. The lowest BCUT2D eigenvalue weighted by atomic mass is 10.2. The number of hydrogen-bond acceptors (Lipinski definition) is 0. The minimum Gasteiger partial charge on any atom is -0.0623 e. The fourth-order valence-electron chi connectivity index (χ4n) is 2.41. The molecule has 0 amide bonds. The van der Waals surface area contributed by atoms with Gasteiger partial charge in [0.15, 0.2) is 0 Å². The van der Waals surface area contributed by atoms with Crippen LogP contribution in [0.2, 0.25) is 0 Å². The molecule has 0 unspecified atom stereocenters. The third kappa shape index (κ3) is 5.13. The van der Waals surface area contributed by atoms with E-state index in [4.69, 9.17) is 0 Å². The Morgan fingerprint density at radius 1 is 0.346 bits per heavy atom. The first-order valence-corrected chi connectivity index (χ1v) is 8.48. The van der Waals surface area contributed by atoms with Crippen molar-refractivity contribution in [3.05, 3.63) is 133 Å². The number of fused-ring (bicyclic) bond motifs is 2. The van der Waals surface area contributed by atoms with Gasteiger partial charge in [-0.15, -0.1) is 0 Å². The summed E-state index contributed by atoms with van der Waals surface area (Å²) < 4.78 is 0. The summed E-state index contributed by atoms with van der Waals surface area (Å²) in [7, 11) is 0. The molecule has 122 valence electrons. The summed E-state index contributed by atoms with van der Waals surface area (Å²) in [5, 5.41) is 4.11. The Morgan fingerprint density at radius 3 is 1.08 bits per heavy atom. The fourth-order valence-corrected chi connectivity index (χ4v) is 2.41. The highest BCUT2D eigenvalue weighted by Crippen LogP contribution is 2.08. The van der Waals surface area contributed by atoms with Crippen LogP contribution in [0.15, 0.2) is 109 Å². The van der Waals surface area contributed by atoms with Crippen molar-refractivity contribution in [3.8, 4) is 0 Å². The van der Waals surface area contributed by atoms with Crippen LogP contribution >= 0.6 is 0 Å². The zero-order chi connectivity index (χ0) is 17.9. The molecule has 0 aliphatic carbocycles. The Morgan fingerprint density at radius 2 is 0.654 bits per heavy atom. The van der Waals surface area contributed by atoms with Gasteiger partial charge in [0.2, 0.25) is 0 Å². The van der Waals surface area contributed by atoms with Gasteiger partial charge in [0.25, 0.3) is 0 Å². The maximum absolute atomic E-state index is 3.16. The molecule has 0 aliphatic rings. The number of rotatable bonds is 0. The average Bonchev–Trinajstić information content (AvgIpc) is 2.68. The second kappa shape index (κ2) is 9.53. The molecule has 26 heavy (non-hydrogen) atoms. The molecule has 0 heteroatoms. The summed E-state index contributed by atoms with van der Waals surface area (Å²) in [6.07, 6.45) is 0. The summed E-state index contributed by atoms with van der Waals surface area (Å²) >= 11 is 0. The van der Waals surface area contributed by atoms with Gasteiger partial charge in [-0.1, -0.05) is 109 Å². The zero-order valence-corrected chi connectivity index (χ0v) is 14.4. The summed E-state index contributed by atoms with van der Waals surface area (Å²) in [5.41, 5.74) is 0. The lowest BCUT2D eigenvalue weighted by molar-refractivity contribution is 1.75. The Balaban J connectivity index is 2.22. The third-order valence-corrected chi connectivity index (χ3v) is 3.71. The SMILES string of the molecule is c1c#cc2ccccc2ccccccccccc2ccccc2c#1. The van der Waals surface area contributed by atoms with Crippen LogP contribution in [0.25, 0.3) is 21.5 Å². The minimum atomic E-state index is 0.972. The molecule has 0 spiro atoms. The first kappa shape index (κ1) is 17.1. The van der Waals surface area contributed by atoms with E-state index in [1.807, 2.05) is 84.9 Å². The smallest absolute Gasteiger partial charge is 0.0327 e. The van der Waals surface area contributed by atoms with Crippen molar-refractivity contribution in [2.45, 2.75) is 0 Å². The van der Waals surface area contributed by atoms with Crippen molar-refractivity contribution < 1.29 is 0 Å². The van der Waals surface area contributed by atoms with Crippen LogP contribution < -0.4 is 0 Å². The molecular weight excluding hydrogens is 312 g/mol. The van der Waals surface area contributed by atoms with E-state index in [2.05, 4.69) is 48.5 Å². The lowest BCUT2D eigenvalue weighted by Gasteiger charge is -1.87. The van der Waals surface area contributed by atoms with Crippen LogP contribution in [0, 0.1) is 24.3 Å². The zero-order valence-electron chi connectivity index (χ0n) is 14.4. The molecule has 0 aliphatic heterocycles. The Kier molecular flexibility index (Phi) is 6.27. The quantitative estimate of drug-likeness (QED) is 0.437. The first-order valence-electron chi connectivity index (χ1n) is 8.48. The van der Waals surface area contributed by atoms with Crippen LogP contribution in [0.5, 0.6) is 0 Å². The molecule has 0 nitrogen and oxygen atoms in total. The van der Waals surface area contributed by atoms with E-state index < -0.39 is 0 Å². The highest BCUT2D eigenvalue weighted by atomic mass is 13.9. The molecule has 0 fully saturated rings. The van der Waals surface area contributed by atoms with Gasteiger partial charge in [-0.2, -0.15) is 0 Å². The number of hydrogen-bond donors (Lipinski definition) is 0. The standard InChI is InChI=1S/C26H18/c1-2-4-6-8-16-24-18-10-12-20-26(24)22-14-13-21-25-19-11-9-17-23(25)15-7-5-3-1/h1-12,15-20H. The van der Waals surface area contributed by atoms with Gasteiger partial charge < -0.3 is 0 Å². The molecule has 0 heterocycles. The van der Waals surface area contributed by atoms with E-state index >= 15 is 0 Å². The van der Waals surface area contributed by atoms with Gasteiger partial charge >= 0.3 is 0 Å². The van der Waals surface area contributed by atoms with Crippen LogP contribution in [0.1, 0.15) is 0 Å². The summed E-state index contributed by atoms with van der Waals surface area (Å²) in [6, 6.07) is 48.6. The largest absolute Gasteiger partial charge is 0.0623 e. The molecule has 0 atom stereocenters. The predicted octanol–water partition coefficient (Wildman–Crippen LogP) is 6.57. The van der Waals surface area contributed by atoms with Gasteiger partial charge in [0, 0.05) is 10.8 Å². The molecule has 0 aromatic heterocycles. The molecule has 3 aromatic carbocycles. The summed E-state index contributed by atoms with van der Waals surface area (Å²) in [4.78, 5) is 0. The Labute approximate surface area is 155 Å². The van der Waals surface area contributed by atoms with E-state index in [0.29, 0.717) is 0 Å². The van der Waals surface area contributed by atoms with Crippen molar-refractivity contribution in [3.63, 3.8) is 0 Å². The van der Waals surface area contributed by atoms with Gasteiger partial charge in [0.1, 0.15) is 0 Å². The maximum Gasteiger partial charge on any atom is 0.0327 e. The topological polar surface area (TPSA) is 0 Å². The van der Waals surface area contributed by atoms with Gasteiger partial charge in [-0.25, -0.2) is 0 Å². The molecule has 0 saturated heterocycles. The summed E-state index contributed by atoms with van der Waals surface area (Å²) in [6.45, 7) is 0. The highest BCUT2D eigenvalue weighted by molar-refractivity contribution is 5.80. The van der Waals surface area contributed by atoms with E-state index in [1.165, 1.54) is 0 Å². The van der Waals surface area contributed by atoms with Crippen molar-refractivity contribution >= 4 is 21.5 Å². The average molecular weight is 330 g/mol. The van der Waals surface area contributed by atoms with Crippen molar-refractivity contribution in [2.24, 2.45) is 0 Å². The number of benzene rings is 2. The molecule has 0 saturated carbocycles. The van der Waals surface area contributed by atoms with Gasteiger partial charge in [-0.3, -0.25) is 0 Å². The molecule has 3 rings (SSSR count). The molecular formula is C26H18. The van der Waals surface area contributed by atoms with Crippen LogP contribution in [0.3, 0.4) is 0 Å². The Hall–Kier alpha value is -3.74. The fraction of sp³-hybridized carbons (Fsp3) is 0. The third-order valence-electron chi connectivity index (χ3n) is 3.71. The van der Waals surface area contributed by atoms with Crippen molar-refractivity contribution in [1.29, 1.82) is 0 Å². The summed E-state index contributed by atoms with van der Waals surface area (Å²) in [5.74, 6) is 0. The molecule has 0 bridgehead atoms. The molecule has 3 aromatic rings. The second-order valence-corrected chi connectivity index (χ2v) is 5.55. The van der Waals surface area contributed by atoms with Crippen LogP contribution in [-0.4, -0.2) is 0 Å². The minimum absolute atomic E-state index is 0.972. The maximum atomic E-state index is 3.16. The van der Waals surface area contributed by atoms with Crippen molar-refractivity contribution in [1.82, 2.24) is 0 Å². The normalized spacial score (nSPS) is 8.92. The van der Waals surface area contributed by atoms with E-state index in [-0.39, 0.29) is 0 Å². The highest BCUT2D eigenvalue weighted by Gasteiger charge is 1.84. The first-order chi connectivity index (χ1) is 12.9. The van der Waals surface area contributed by atoms with Crippen LogP contribution in [0.4, 0.5) is 0 Å². The van der Waals surface area contributed by atoms with Gasteiger partial charge in [0.05, 0.1) is 0 Å². The molecule has 0 radical (unpaired) electrons. The van der Waals surface area contributed by atoms with E-state index in [9.17, 15) is 0 Å². The lowest BCUT2D eigenvalue weighted by Crippen LogP contribution is -1.63. The van der Waals surface area contributed by atoms with Crippen molar-refractivity contribution in [2.75, 3.05) is 0 Å². The van der Waals surface area contributed by atoms with Crippen LogP contribution in [-0.2, 0) is 0 Å². The second-order valence-electron chi connectivity index (χ2n) is 5.55. The predicted molar refractivity (Wildman–Crippen MR) is 110 cm³/mol. The monoisotopic (exact) mass is 330 g/mol.